The molecule has 29 heavy (non-hydrogen) atoms. The van der Waals surface area contributed by atoms with Gasteiger partial charge in [-0.1, -0.05) is 79.1 Å². The summed E-state index contributed by atoms with van der Waals surface area (Å²) >= 11 is 0. The first kappa shape index (κ1) is 25.5. The zero-order chi connectivity index (χ0) is 21.5. The number of rotatable bonds is 16. The van der Waals surface area contributed by atoms with Crippen molar-refractivity contribution in [2.75, 3.05) is 13.2 Å². The first-order chi connectivity index (χ1) is 14.0. The summed E-state index contributed by atoms with van der Waals surface area (Å²) in [6.07, 6.45) is 16.8. The normalized spacial score (nSPS) is 16.7. The van der Waals surface area contributed by atoms with Gasteiger partial charge in [-0.25, -0.2) is 0 Å². The third-order valence-corrected chi connectivity index (χ3v) is 5.93. The number of hydrogen-bond donors (Lipinski definition) is 2. The van der Waals surface area contributed by atoms with E-state index in [-0.39, 0.29) is 0 Å². The average Bonchev–Trinajstić information content (AvgIpc) is 2.86. The second kappa shape index (κ2) is 15.3. The third-order valence-electron chi connectivity index (χ3n) is 5.93. The van der Waals surface area contributed by atoms with Crippen molar-refractivity contribution in [2.24, 2.45) is 23.3 Å². The van der Waals surface area contributed by atoms with Crippen molar-refractivity contribution in [2.45, 2.75) is 98.3 Å². The Morgan fingerprint density at radius 3 is 1.90 bits per heavy atom. The summed E-state index contributed by atoms with van der Waals surface area (Å²) in [5.41, 5.74) is 13.9. The molecule has 168 valence electrons. The number of unbranched alkanes of at least 4 members (excludes halogenated alkanes) is 4. The van der Waals surface area contributed by atoms with Crippen LogP contribution in [0, 0.1) is 11.8 Å². The highest BCUT2D eigenvalue weighted by Crippen LogP contribution is 2.23. The Morgan fingerprint density at radius 1 is 0.828 bits per heavy atom. The van der Waals surface area contributed by atoms with Crippen LogP contribution < -0.4 is 11.5 Å². The Morgan fingerprint density at radius 2 is 1.38 bits per heavy atom. The van der Waals surface area contributed by atoms with Crippen molar-refractivity contribution in [3.8, 4) is 0 Å². The molecule has 0 amide bonds. The molecule has 1 aliphatic rings. The van der Waals surface area contributed by atoms with Crippen LogP contribution in [0.1, 0.15) is 98.3 Å². The fourth-order valence-electron chi connectivity index (χ4n) is 3.59. The fraction of sp³-hybridized carbons (Fsp3) is 0.760. The molecular weight excluding hydrogens is 360 g/mol. The monoisotopic (exact) mass is 406 g/mol. The van der Waals surface area contributed by atoms with Gasteiger partial charge in [0.2, 0.25) is 0 Å². The molecule has 4 heteroatoms. The van der Waals surface area contributed by atoms with E-state index in [1.807, 2.05) is 12.2 Å². The molecule has 4 nitrogen and oxygen atoms in total. The quantitative estimate of drug-likeness (QED) is 0.286. The Labute approximate surface area is 179 Å². The van der Waals surface area contributed by atoms with Crippen molar-refractivity contribution in [1.82, 2.24) is 0 Å². The lowest BCUT2D eigenvalue weighted by Gasteiger charge is -2.18. The van der Waals surface area contributed by atoms with Crippen LogP contribution >= 0.6 is 0 Å². The minimum atomic E-state index is 0.567. The predicted octanol–water partition coefficient (Wildman–Crippen LogP) is 6.53. The topological polar surface area (TPSA) is 70.5 Å². The van der Waals surface area contributed by atoms with Crippen LogP contribution in [0.5, 0.6) is 0 Å². The van der Waals surface area contributed by atoms with E-state index >= 15 is 0 Å². The van der Waals surface area contributed by atoms with E-state index in [1.165, 1.54) is 51.4 Å². The second-order valence-electron chi connectivity index (χ2n) is 8.42. The lowest BCUT2D eigenvalue weighted by molar-refractivity contribution is 0.158. The summed E-state index contributed by atoms with van der Waals surface area (Å²) in [5.74, 6) is 2.60. The van der Waals surface area contributed by atoms with E-state index in [2.05, 4.69) is 27.7 Å². The number of ether oxygens (including phenoxy) is 2. The van der Waals surface area contributed by atoms with Crippen molar-refractivity contribution in [3.05, 3.63) is 35.1 Å². The van der Waals surface area contributed by atoms with Crippen molar-refractivity contribution < 1.29 is 9.47 Å². The average molecular weight is 407 g/mol. The van der Waals surface area contributed by atoms with Gasteiger partial charge in [0.25, 0.3) is 0 Å². The number of nitrogens with two attached hydrogens (primary N) is 2. The molecule has 4 N–H and O–H groups in total. The van der Waals surface area contributed by atoms with Crippen LogP contribution in [0.4, 0.5) is 0 Å². The first-order valence-electron chi connectivity index (χ1n) is 12.0. The molecule has 0 fully saturated rings. The van der Waals surface area contributed by atoms with Gasteiger partial charge in [-0.15, -0.1) is 0 Å². The molecule has 1 rings (SSSR count). The van der Waals surface area contributed by atoms with Gasteiger partial charge in [-0.2, -0.15) is 0 Å². The smallest absolute Gasteiger partial charge is 0.140 e. The van der Waals surface area contributed by atoms with Crippen molar-refractivity contribution in [3.63, 3.8) is 0 Å². The van der Waals surface area contributed by atoms with Gasteiger partial charge in [0, 0.05) is 12.5 Å². The zero-order valence-corrected chi connectivity index (χ0v) is 19.5. The molecule has 0 aromatic rings. The van der Waals surface area contributed by atoms with Crippen molar-refractivity contribution >= 4 is 0 Å². The van der Waals surface area contributed by atoms with E-state index in [9.17, 15) is 0 Å². The number of hydrogen-bond acceptors (Lipinski definition) is 4. The highest BCUT2D eigenvalue weighted by Gasteiger charge is 2.16. The van der Waals surface area contributed by atoms with Gasteiger partial charge < -0.3 is 20.9 Å². The van der Waals surface area contributed by atoms with Gasteiger partial charge in [0.15, 0.2) is 0 Å². The predicted molar refractivity (Wildman–Crippen MR) is 124 cm³/mol. The second-order valence-corrected chi connectivity index (χ2v) is 8.42. The van der Waals surface area contributed by atoms with E-state index < -0.39 is 0 Å². The zero-order valence-electron chi connectivity index (χ0n) is 19.5. The fourth-order valence-corrected chi connectivity index (χ4v) is 3.59. The van der Waals surface area contributed by atoms with Gasteiger partial charge in [0.05, 0.1) is 24.6 Å². The molecule has 0 aromatic carbocycles. The standard InChI is InChI=1S/C25H46N2O2/c1-5-9-11-13-20(7-3)18-28-24-16-15-22(26)25(17-23(24)27)29-19-21(8-4)14-12-10-6-2/h16-17,20-21H,5-15,18-19,26-27H2,1-4H3. The van der Waals surface area contributed by atoms with E-state index in [4.69, 9.17) is 20.9 Å². The summed E-state index contributed by atoms with van der Waals surface area (Å²) in [5, 5.41) is 0. The molecule has 0 bridgehead atoms. The SMILES string of the molecule is CCCCCC(CC)COC1=CCC(N)=C(OCC(CC)CCCCC)C=C1N. The maximum atomic E-state index is 6.32. The molecule has 0 aromatic heterocycles. The Kier molecular flexibility index (Phi) is 13.4. The summed E-state index contributed by atoms with van der Waals surface area (Å²) < 4.78 is 12.2. The van der Waals surface area contributed by atoms with Gasteiger partial charge in [-0.3, -0.25) is 0 Å². The lowest BCUT2D eigenvalue weighted by atomic mass is 9.99. The minimum Gasteiger partial charge on any atom is -0.491 e. The molecule has 2 unspecified atom stereocenters. The summed E-state index contributed by atoms with van der Waals surface area (Å²) in [4.78, 5) is 0. The largest absolute Gasteiger partial charge is 0.491 e. The van der Waals surface area contributed by atoms with Gasteiger partial charge >= 0.3 is 0 Å². The maximum absolute atomic E-state index is 6.32. The van der Waals surface area contributed by atoms with E-state index in [1.54, 1.807) is 0 Å². The Bertz CT molecular complexity index is 537. The van der Waals surface area contributed by atoms with E-state index in [0.29, 0.717) is 42.9 Å². The van der Waals surface area contributed by atoms with Crippen LogP contribution in [-0.4, -0.2) is 13.2 Å². The molecule has 0 saturated heterocycles. The van der Waals surface area contributed by atoms with Crippen LogP contribution in [0.15, 0.2) is 35.1 Å². The molecule has 0 radical (unpaired) electrons. The summed E-state index contributed by atoms with van der Waals surface area (Å²) in [6, 6.07) is 0. The molecule has 0 aliphatic heterocycles. The molecule has 2 atom stereocenters. The Hall–Kier alpha value is -1.58. The van der Waals surface area contributed by atoms with E-state index in [0.717, 1.165) is 24.3 Å². The Balaban J connectivity index is 2.58. The minimum absolute atomic E-state index is 0.567. The van der Waals surface area contributed by atoms with Crippen LogP contribution in [0.25, 0.3) is 0 Å². The molecule has 0 heterocycles. The first-order valence-corrected chi connectivity index (χ1v) is 12.0. The highest BCUT2D eigenvalue weighted by molar-refractivity contribution is 5.36. The van der Waals surface area contributed by atoms with Gasteiger partial charge in [-0.05, 0) is 30.8 Å². The summed E-state index contributed by atoms with van der Waals surface area (Å²) in [7, 11) is 0. The summed E-state index contributed by atoms with van der Waals surface area (Å²) in [6.45, 7) is 10.4. The highest BCUT2D eigenvalue weighted by atomic mass is 16.5. The maximum Gasteiger partial charge on any atom is 0.140 e. The molecular formula is C25H46N2O2. The molecule has 0 spiro atoms. The van der Waals surface area contributed by atoms with Gasteiger partial charge in [0.1, 0.15) is 11.5 Å². The molecule has 0 saturated carbocycles. The lowest BCUT2D eigenvalue weighted by Crippen LogP contribution is -2.13. The van der Waals surface area contributed by atoms with Crippen molar-refractivity contribution in [1.29, 1.82) is 0 Å². The molecule has 1 aliphatic carbocycles. The third kappa shape index (κ3) is 10.1. The van der Waals surface area contributed by atoms with Crippen LogP contribution in [0.2, 0.25) is 0 Å². The van der Waals surface area contributed by atoms with Crippen LogP contribution in [0.3, 0.4) is 0 Å². The van der Waals surface area contributed by atoms with Crippen LogP contribution in [-0.2, 0) is 9.47 Å². The number of allylic oxidation sites excluding steroid dienone is 2.